The van der Waals surface area contributed by atoms with Gasteiger partial charge in [-0.25, -0.2) is 4.68 Å². The number of amides is 1. The first-order valence-corrected chi connectivity index (χ1v) is 9.29. The number of hydrogen-bond donors (Lipinski definition) is 3. The van der Waals surface area contributed by atoms with E-state index in [2.05, 4.69) is 17.0 Å². The Morgan fingerprint density at radius 3 is 2.70 bits per heavy atom. The third kappa shape index (κ3) is 5.09. The van der Waals surface area contributed by atoms with E-state index in [4.69, 9.17) is 10.8 Å². The number of carbonyl (C=O) groups is 2. The van der Waals surface area contributed by atoms with Crippen molar-refractivity contribution in [3.8, 4) is 0 Å². The van der Waals surface area contributed by atoms with Gasteiger partial charge in [0, 0.05) is 18.4 Å². The molecule has 30 heavy (non-hydrogen) atoms. The number of carbonyl (C=O) groups excluding carboxylic acids is 1. The third-order valence-electron chi connectivity index (χ3n) is 4.44. The molecule has 7 heteroatoms. The van der Waals surface area contributed by atoms with Crippen LogP contribution < -0.4 is 11.1 Å². The molecule has 0 radical (unpaired) electrons. The quantitative estimate of drug-likeness (QED) is 0.397. The molecule has 1 amide bonds. The Balaban J connectivity index is 1.77. The zero-order valence-corrected chi connectivity index (χ0v) is 16.3. The van der Waals surface area contributed by atoms with E-state index in [0.717, 1.165) is 11.1 Å². The number of rotatable bonds is 8. The van der Waals surface area contributed by atoms with E-state index >= 15 is 0 Å². The summed E-state index contributed by atoms with van der Waals surface area (Å²) in [6, 6.07) is 18.0. The van der Waals surface area contributed by atoms with Crippen molar-refractivity contribution in [2.75, 3.05) is 5.32 Å². The molecule has 1 heterocycles. The van der Waals surface area contributed by atoms with Crippen LogP contribution in [0.2, 0.25) is 0 Å². The van der Waals surface area contributed by atoms with Crippen molar-refractivity contribution in [1.29, 1.82) is 0 Å². The molecule has 0 spiro atoms. The number of anilines is 1. The normalized spacial score (nSPS) is 10.8. The topological polar surface area (TPSA) is 110 Å². The molecule has 0 atom stereocenters. The van der Waals surface area contributed by atoms with Gasteiger partial charge in [-0.15, -0.1) is 0 Å². The van der Waals surface area contributed by atoms with Crippen molar-refractivity contribution >= 4 is 29.4 Å². The zero-order chi connectivity index (χ0) is 21.5. The molecule has 2 aromatic carbocycles. The number of nitrogens with two attached hydrogens (primary N) is 1. The summed E-state index contributed by atoms with van der Waals surface area (Å²) in [6.45, 7) is 4.33. The van der Waals surface area contributed by atoms with E-state index in [-0.39, 0.29) is 12.0 Å². The average Bonchev–Trinajstić information content (AvgIpc) is 3.21. The van der Waals surface area contributed by atoms with Gasteiger partial charge < -0.3 is 16.2 Å². The monoisotopic (exact) mass is 402 g/mol. The SMILES string of the molecule is C=C(C(=O)Nc1ccccc1CC(=O)O)c1cccn1/N=C/c1cccc(CN)c1. The second kappa shape index (κ2) is 9.49. The Morgan fingerprint density at radius 1 is 1.13 bits per heavy atom. The number of para-hydroxylation sites is 1. The Hall–Kier alpha value is -3.97. The summed E-state index contributed by atoms with van der Waals surface area (Å²) in [5.41, 5.74) is 9.23. The summed E-state index contributed by atoms with van der Waals surface area (Å²) in [4.78, 5) is 23.8. The van der Waals surface area contributed by atoms with E-state index in [9.17, 15) is 9.59 Å². The summed E-state index contributed by atoms with van der Waals surface area (Å²) in [6.07, 6.45) is 3.21. The van der Waals surface area contributed by atoms with Crippen LogP contribution in [0.25, 0.3) is 5.57 Å². The standard InChI is InChI=1S/C23H22N4O3/c1-16(23(30)26-20-9-3-2-8-19(20)13-22(28)29)21-10-5-11-27(21)25-15-18-7-4-6-17(12-18)14-24/h2-12,15H,1,13-14,24H2,(H,26,30)(H,28,29)/b25-15+. The van der Waals surface area contributed by atoms with E-state index < -0.39 is 11.9 Å². The molecule has 1 aromatic heterocycles. The van der Waals surface area contributed by atoms with Gasteiger partial charge in [-0.3, -0.25) is 9.59 Å². The first-order valence-electron chi connectivity index (χ1n) is 9.29. The Labute approximate surface area is 174 Å². The van der Waals surface area contributed by atoms with Gasteiger partial charge in [0.15, 0.2) is 0 Å². The van der Waals surface area contributed by atoms with Crippen LogP contribution in [0, 0.1) is 0 Å². The van der Waals surface area contributed by atoms with Crippen LogP contribution in [0.5, 0.6) is 0 Å². The number of benzene rings is 2. The maximum atomic E-state index is 12.7. The molecule has 0 aliphatic rings. The maximum absolute atomic E-state index is 12.7. The van der Waals surface area contributed by atoms with E-state index in [1.807, 2.05) is 24.3 Å². The van der Waals surface area contributed by atoms with Gasteiger partial charge in [0.2, 0.25) is 0 Å². The fraction of sp³-hybridized carbons (Fsp3) is 0.0870. The number of carboxylic acids is 1. The molecular formula is C23H22N4O3. The minimum atomic E-state index is -0.975. The highest BCUT2D eigenvalue weighted by atomic mass is 16.4. The lowest BCUT2D eigenvalue weighted by molar-refractivity contribution is -0.136. The van der Waals surface area contributed by atoms with Gasteiger partial charge in [0.05, 0.1) is 23.9 Å². The molecule has 3 rings (SSSR count). The molecule has 4 N–H and O–H groups in total. The smallest absolute Gasteiger partial charge is 0.307 e. The van der Waals surface area contributed by atoms with Crippen LogP contribution in [-0.2, 0) is 22.6 Å². The van der Waals surface area contributed by atoms with Gasteiger partial charge in [0.25, 0.3) is 5.91 Å². The Kier molecular flexibility index (Phi) is 6.56. The highest BCUT2D eigenvalue weighted by Crippen LogP contribution is 2.20. The van der Waals surface area contributed by atoms with Crippen LogP contribution in [0.1, 0.15) is 22.4 Å². The maximum Gasteiger partial charge on any atom is 0.307 e. The number of carboxylic acid groups (broad SMARTS) is 1. The molecule has 7 nitrogen and oxygen atoms in total. The molecule has 0 saturated carbocycles. The number of hydrogen-bond acceptors (Lipinski definition) is 4. The summed E-state index contributed by atoms with van der Waals surface area (Å²) in [7, 11) is 0. The van der Waals surface area contributed by atoms with Gasteiger partial charge >= 0.3 is 5.97 Å². The van der Waals surface area contributed by atoms with Gasteiger partial charge in [-0.1, -0.05) is 43.0 Å². The lowest BCUT2D eigenvalue weighted by Gasteiger charge is -2.12. The predicted octanol–water partition coefficient (Wildman–Crippen LogP) is 3.11. The lowest BCUT2D eigenvalue weighted by atomic mass is 10.1. The summed E-state index contributed by atoms with van der Waals surface area (Å²) in [5, 5.41) is 16.2. The molecule has 0 fully saturated rings. The summed E-state index contributed by atoms with van der Waals surface area (Å²) < 4.78 is 1.56. The first-order chi connectivity index (χ1) is 14.5. The van der Waals surface area contributed by atoms with Crippen molar-refractivity contribution in [3.05, 3.63) is 95.8 Å². The summed E-state index contributed by atoms with van der Waals surface area (Å²) in [5.74, 6) is -1.41. The van der Waals surface area contributed by atoms with Crippen LogP contribution in [0.4, 0.5) is 5.69 Å². The van der Waals surface area contributed by atoms with Crippen molar-refractivity contribution in [2.24, 2.45) is 10.8 Å². The minimum absolute atomic E-state index is 0.189. The second-order valence-corrected chi connectivity index (χ2v) is 6.59. The average molecular weight is 402 g/mol. The molecule has 0 saturated heterocycles. The molecule has 0 bridgehead atoms. The molecule has 3 aromatic rings. The van der Waals surface area contributed by atoms with E-state index in [0.29, 0.717) is 23.5 Å². The predicted molar refractivity (Wildman–Crippen MR) is 117 cm³/mol. The molecule has 0 aliphatic carbocycles. The largest absolute Gasteiger partial charge is 0.481 e. The van der Waals surface area contributed by atoms with Crippen molar-refractivity contribution in [2.45, 2.75) is 13.0 Å². The van der Waals surface area contributed by atoms with Crippen LogP contribution >= 0.6 is 0 Å². The van der Waals surface area contributed by atoms with E-state index in [1.54, 1.807) is 53.5 Å². The lowest BCUT2D eigenvalue weighted by Crippen LogP contribution is -2.16. The van der Waals surface area contributed by atoms with Crippen molar-refractivity contribution < 1.29 is 14.7 Å². The molecule has 152 valence electrons. The highest BCUT2D eigenvalue weighted by Gasteiger charge is 2.15. The minimum Gasteiger partial charge on any atom is -0.481 e. The van der Waals surface area contributed by atoms with Crippen LogP contribution in [0.3, 0.4) is 0 Å². The highest BCUT2D eigenvalue weighted by molar-refractivity contribution is 6.24. The first kappa shape index (κ1) is 20.8. The Bertz CT molecular complexity index is 1110. The van der Waals surface area contributed by atoms with Crippen LogP contribution in [0.15, 0.2) is 78.5 Å². The molecule has 0 aliphatic heterocycles. The van der Waals surface area contributed by atoms with Crippen molar-refractivity contribution in [1.82, 2.24) is 4.68 Å². The number of nitrogens with one attached hydrogen (secondary N) is 1. The second-order valence-electron chi connectivity index (χ2n) is 6.59. The number of aliphatic carboxylic acids is 1. The van der Waals surface area contributed by atoms with Gasteiger partial charge in [0.1, 0.15) is 0 Å². The fourth-order valence-corrected chi connectivity index (χ4v) is 2.91. The number of nitrogens with zero attached hydrogens (tertiary/aromatic N) is 2. The van der Waals surface area contributed by atoms with Gasteiger partial charge in [-0.05, 0) is 41.0 Å². The molecular weight excluding hydrogens is 380 g/mol. The fourth-order valence-electron chi connectivity index (χ4n) is 2.91. The third-order valence-corrected chi connectivity index (χ3v) is 4.44. The molecule has 0 unspecified atom stereocenters. The zero-order valence-electron chi connectivity index (χ0n) is 16.3. The van der Waals surface area contributed by atoms with Crippen LogP contribution in [-0.4, -0.2) is 27.9 Å². The Morgan fingerprint density at radius 2 is 1.93 bits per heavy atom. The van der Waals surface area contributed by atoms with Crippen molar-refractivity contribution in [3.63, 3.8) is 0 Å². The van der Waals surface area contributed by atoms with E-state index in [1.165, 1.54) is 0 Å². The number of aromatic nitrogens is 1. The summed E-state index contributed by atoms with van der Waals surface area (Å²) >= 11 is 0. The van der Waals surface area contributed by atoms with Gasteiger partial charge in [-0.2, -0.15) is 5.10 Å².